The topological polar surface area (TPSA) is 404 Å². The van der Waals surface area contributed by atoms with E-state index in [9.17, 15) is 70.9 Å². The average molecular weight is 699 g/mol. The van der Waals surface area contributed by atoms with E-state index in [2.05, 4.69) is 4.74 Å². The van der Waals surface area contributed by atoms with Crippen LogP contribution in [0.5, 0.6) is 0 Å². The molecule has 276 valence electrons. The molecule has 0 spiro atoms. The van der Waals surface area contributed by atoms with Crippen molar-refractivity contribution in [3.05, 3.63) is 0 Å². The highest BCUT2D eigenvalue weighted by atomic mass is 16.7. The van der Waals surface area contributed by atoms with Crippen molar-refractivity contribution in [3.63, 3.8) is 0 Å². The second kappa shape index (κ2) is 18.3. The molecule has 3 saturated heterocycles. The van der Waals surface area contributed by atoms with Crippen LogP contribution in [0.1, 0.15) is 0 Å². The van der Waals surface area contributed by atoms with E-state index in [-0.39, 0.29) is 0 Å². The molecule has 0 aromatic heterocycles. The van der Waals surface area contributed by atoms with Gasteiger partial charge < -0.3 is 105 Å². The van der Waals surface area contributed by atoms with E-state index in [0.29, 0.717) is 0 Å². The number of cyclic esters (lactones) is 1. The van der Waals surface area contributed by atoms with Crippen LogP contribution in [-0.2, 0) is 33.3 Å². The van der Waals surface area contributed by atoms with E-state index < -0.39 is 149 Å². The second-order valence-corrected chi connectivity index (χ2v) is 10.7. The number of ether oxygens (including phenoxy) is 5. The van der Waals surface area contributed by atoms with Gasteiger partial charge in [-0.3, -0.25) is 0 Å². The summed E-state index contributed by atoms with van der Waals surface area (Å²) in [4.78, 5) is 22.0. The Bertz CT molecular complexity index is 967. The molecule has 16 N–H and O–H groups in total. The van der Waals surface area contributed by atoms with Gasteiger partial charge >= 0.3 is 11.9 Å². The van der Waals surface area contributed by atoms with Crippen LogP contribution in [0.3, 0.4) is 0 Å². The number of carbonyl (C=O) groups excluding carboxylic acids is 1. The van der Waals surface area contributed by atoms with Crippen molar-refractivity contribution in [1.29, 1.82) is 0 Å². The zero-order valence-corrected chi connectivity index (χ0v) is 24.2. The summed E-state index contributed by atoms with van der Waals surface area (Å²) >= 11 is 0. The Labute approximate surface area is 264 Å². The Morgan fingerprint density at radius 2 is 1.15 bits per heavy atom. The quantitative estimate of drug-likeness (QED) is 0.0841. The predicted octanol–water partition coefficient (Wildman–Crippen LogP) is -10.9. The van der Waals surface area contributed by atoms with Gasteiger partial charge in [-0.05, 0) is 0 Å². The van der Waals surface area contributed by atoms with Crippen molar-refractivity contribution < 1.29 is 115 Å². The third kappa shape index (κ3) is 9.67. The van der Waals surface area contributed by atoms with E-state index in [0.717, 1.165) is 0 Å². The zero-order valence-electron chi connectivity index (χ0n) is 24.2. The maximum Gasteiger partial charge on any atom is 0.338 e. The first-order valence-electron chi connectivity index (χ1n) is 13.9. The lowest BCUT2D eigenvalue weighted by molar-refractivity contribution is -0.331. The molecule has 18 atom stereocenters. The Kier molecular flexibility index (Phi) is 16.1. The van der Waals surface area contributed by atoms with Crippen molar-refractivity contribution in [2.45, 2.75) is 110 Å². The third-order valence-corrected chi connectivity index (χ3v) is 7.47. The minimum Gasteiger partial charge on any atom is -0.479 e. The highest BCUT2D eigenvalue weighted by Crippen LogP contribution is 2.28. The van der Waals surface area contributed by atoms with Crippen LogP contribution in [0, 0.1) is 0 Å². The molecule has 0 amide bonds. The molecule has 3 aliphatic rings. The standard InChI is InChI=1S/C12H22O12.C12H20O11/c13-1-3(15)10(7(18)8(19)11(21)22)24-12-9(20)6(17)5(16)4(2-14)23-12;13-1-3-5(15)6(16)9(19)12(22-3)23-10-4(2-14)21-11(20)8(18)7(10)17/h3-10,12-20H,1-2H2,(H,21,22);3-10,12-19H,1-2H2/t2*3-,4-,5+,6+,7-,8-,9-,10-,12+/m11/s1. The molecule has 0 saturated carbocycles. The highest BCUT2D eigenvalue weighted by Gasteiger charge is 2.51. The van der Waals surface area contributed by atoms with Crippen LogP contribution in [0.15, 0.2) is 0 Å². The van der Waals surface area contributed by atoms with Gasteiger partial charge in [-0.25, -0.2) is 9.59 Å². The molecular formula is C24H42O23. The van der Waals surface area contributed by atoms with E-state index in [4.69, 9.17) is 39.4 Å². The van der Waals surface area contributed by atoms with Gasteiger partial charge in [0.2, 0.25) is 0 Å². The van der Waals surface area contributed by atoms with E-state index in [1.165, 1.54) is 0 Å². The molecule has 3 rings (SSSR count). The molecule has 0 unspecified atom stereocenters. The summed E-state index contributed by atoms with van der Waals surface area (Å²) < 4.78 is 25.0. The van der Waals surface area contributed by atoms with Gasteiger partial charge in [0.1, 0.15) is 79.4 Å². The van der Waals surface area contributed by atoms with E-state index >= 15 is 0 Å². The lowest BCUT2D eigenvalue weighted by Gasteiger charge is -2.43. The van der Waals surface area contributed by atoms with Crippen molar-refractivity contribution in [3.8, 4) is 0 Å². The highest BCUT2D eigenvalue weighted by molar-refractivity contribution is 5.76. The average Bonchev–Trinajstić information content (AvgIpc) is 3.06. The monoisotopic (exact) mass is 698 g/mol. The molecule has 0 bridgehead atoms. The van der Waals surface area contributed by atoms with Crippen LogP contribution in [0.2, 0.25) is 0 Å². The first kappa shape index (κ1) is 41.4. The smallest absolute Gasteiger partial charge is 0.338 e. The van der Waals surface area contributed by atoms with Gasteiger partial charge in [0.25, 0.3) is 0 Å². The summed E-state index contributed by atoms with van der Waals surface area (Å²) in [6, 6.07) is 0. The lowest BCUT2D eigenvalue weighted by Crippen LogP contribution is -2.63. The zero-order chi connectivity index (χ0) is 35.9. The van der Waals surface area contributed by atoms with Gasteiger partial charge in [-0.1, -0.05) is 0 Å². The molecule has 23 heteroatoms. The Balaban J connectivity index is 0.000000327. The van der Waals surface area contributed by atoms with Gasteiger partial charge in [0, 0.05) is 0 Å². The molecule has 47 heavy (non-hydrogen) atoms. The van der Waals surface area contributed by atoms with Crippen LogP contribution in [0.25, 0.3) is 0 Å². The first-order chi connectivity index (χ1) is 22.0. The summed E-state index contributed by atoms with van der Waals surface area (Å²) in [6.07, 6.45) is -31.3. The largest absolute Gasteiger partial charge is 0.479 e. The van der Waals surface area contributed by atoms with Gasteiger partial charge in [0.05, 0.1) is 26.4 Å². The third-order valence-electron chi connectivity index (χ3n) is 7.47. The molecule has 3 heterocycles. The van der Waals surface area contributed by atoms with Gasteiger partial charge in [-0.2, -0.15) is 0 Å². The first-order valence-corrected chi connectivity index (χ1v) is 13.9. The maximum absolute atomic E-state index is 11.3. The predicted molar refractivity (Wildman–Crippen MR) is 139 cm³/mol. The van der Waals surface area contributed by atoms with Crippen molar-refractivity contribution >= 4 is 11.9 Å². The molecule has 3 aliphatic heterocycles. The number of rotatable bonds is 12. The molecule has 3 fully saturated rings. The molecule has 0 radical (unpaired) electrons. The number of carboxylic acids is 1. The minimum atomic E-state index is -2.39. The van der Waals surface area contributed by atoms with E-state index in [1.54, 1.807) is 0 Å². The van der Waals surface area contributed by atoms with Gasteiger partial charge in [0.15, 0.2) is 30.9 Å². The fourth-order valence-electron chi connectivity index (χ4n) is 4.63. The number of hydrogen-bond donors (Lipinski definition) is 16. The summed E-state index contributed by atoms with van der Waals surface area (Å²) in [5.41, 5.74) is 0. The van der Waals surface area contributed by atoms with Crippen LogP contribution in [-0.4, -0.2) is 230 Å². The molecular weight excluding hydrogens is 656 g/mol. The maximum atomic E-state index is 11.3. The van der Waals surface area contributed by atoms with Crippen molar-refractivity contribution in [2.24, 2.45) is 0 Å². The SMILES string of the molecule is O=C(O)[C@H](O)[C@@H](O)[C@H](O[C@@H]1O[C@H](CO)[C@H](O)[C@H](O)[C@H]1O)[C@H](O)CO.O=C1O[C@H](CO)[C@@H](O[C@@H]2O[C@H](CO)[C@H](O)[C@H](O)[C@H]2O)[C@H](O)[C@H]1O. The summed E-state index contributed by atoms with van der Waals surface area (Å²) in [5, 5.41) is 151. The number of aliphatic hydroxyl groups excluding tert-OH is 15. The van der Waals surface area contributed by atoms with Crippen molar-refractivity contribution in [1.82, 2.24) is 0 Å². The van der Waals surface area contributed by atoms with E-state index in [1.807, 2.05) is 0 Å². The van der Waals surface area contributed by atoms with Crippen LogP contribution < -0.4 is 0 Å². The Morgan fingerprint density at radius 1 is 0.681 bits per heavy atom. The number of aliphatic carboxylic acids is 1. The number of hydrogen-bond acceptors (Lipinski definition) is 22. The molecule has 0 aromatic carbocycles. The fraction of sp³-hybridized carbons (Fsp3) is 0.917. The Morgan fingerprint density at radius 3 is 1.60 bits per heavy atom. The second-order valence-electron chi connectivity index (χ2n) is 10.7. The number of aliphatic hydroxyl groups is 15. The van der Waals surface area contributed by atoms with Crippen molar-refractivity contribution in [2.75, 3.05) is 26.4 Å². The molecule has 0 aliphatic carbocycles. The summed E-state index contributed by atoms with van der Waals surface area (Å²) in [7, 11) is 0. The van der Waals surface area contributed by atoms with Crippen LogP contribution in [0.4, 0.5) is 0 Å². The molecule has 23 nitrogen and oxygen atoms in total. The fourth-order valence-corrected chi connectivity index (χ4v) is 4.63. The normalized spacial score (nSPS) is 41.9. The lowest BCUT2D eigenvalue weighted by atomic mass is 9.97. The number of carboxylic acid groups (broad SMARTS) is 1. The number of carbonyl (C=O) groups is 2. The minimum absolute atomic E-state index is 0.681. The summed E-state index contributed by atoms with van der Waals surface area (Å²) in [6.45, 7) is -3.18. The Hall–Kier alpha value is -1.82. The van der Waals surface area contributed by atoms with Crippen LogP contribution >= 0.6 is 0 Å². The molecule has 0 aromatic rings. The summed E-state index contributed by atoms with van der Waals surface area (Å²) in [5.74, 6) is -2.99. The number of esters is 1. The van der Waals surface area contributed by atoms with Gasteiger partial charge in [-0.15, -0.1) is 0 Å².